The quantitative estimate of drug-likeness (QED) is 0.534. The predicted octanol–water partition coefficient (Wildman–Crippen LogP) is 0.00670. The molecule has 2 bridgehead atoms. The molecule has 0 radical (unpaired) electrons. The number of amides is 1. The number of likely N-dealkylation sites (N-methyl/N-ethyl adjacent to an activating group) is 1. The van der Waals surface area contributed by atoms with Crippen molar-refractivity contribution in [2.24, 2.45) is 11.5 Å². The zero-order valence-electron chi connectivity index (χ0n) is 16.1. The van der Waals surface area contributed by atoms with Gasteiger partial charge < -0.3 is 25.7 Å². The lowest BCUT2D eigenvalue weighted by atomic mass is 9.49. The van der Waals surface area contributed by atoms with E-state index in [2.05, 4.69) is 4.90 Å². The average molecular weight is 401 g/mol. The number of esters is 1. The molecule has 2 heterocycles. The molecular weight excluding hydrogens is 378 g/mol. The summed E-state index contributed by atoms with van der Waals surface area (Å²) >= 11 is 0. The maximum absolute atomic E-state index is 13.0. The van der Waals surface area contributed by atoms with E-state index >= 15 is 0 Å². The van der Waals surface area contributed by atoms with Crippen LogP contribution in [0.5, 0.6) is 11.5 Å². The number of carbonyl (C=O) groups is 3. The van der Waals surface area contributed by atoms with Gasteiger partial charge >= 0.3 is 12.1 Å². The fourth-order valence-electron chi connectivity index (χ4n) is 6.13. The van der Waals surface area contributed by atoms with Crippen molar-refractivity contribution in [2.45, 2.75) is 48.8 Å². The molecule has 2 aliphatic carbocycles. The predicted molar refractivity (Wildman–Crippen MR) is 99.6 cm³/mol. The van der Waals surface area contributed by atoms with Gasteiger partial charge in [-0.2, -0.15) is 0 Å². The van der Waals surface area contributed by atoms with Gasteiger partial charge in [0.25, 0.3) is 0 Å². The van der Waals surface area contributed by atoms with Crippen molar-refractivity contribution in [3.63, 3.8) is 0 Å². The third-order valence-electron chi connectivity index (χ3n) is 7.14. The second-order valence-corrected chi connectivity index (χ2v) is 8.30. The van der Waals surface area contributed by atoms with Crippen molar-refractivity contribution in [1.82, 2.24) is 4.90 Å². The van der Waals surface area contributed by atoms with Crippen LogP contribution >= 0.6 is 0 Å². The van der Waals surface area contributed by atoms with Gasteiger partial charge in [-0.25, -0.2) is 4.79 Å². The first-order valence-corrected chi connectivity index (χ1v) is 9.79. The highest BCUT2D eigenvalue weighted by atomic mass is 16.6. The molecule has 1 spiro atoms. The minimum Gasteiger partial charge on any atom is -0.477 e. The topological polar surface area (TPSA) is 134 Å². The number of benzene rings is 1. The minimum atomic E-state index is -0.973. The Kier molecular flexibility index (Phi) is 3.76. The fourth-order valence-corrected chi connectivity index (χ4v) is 6.13. The van der Waals surface area contributed by atoms with Gasteiger partial charge in [0.2, 0.25) is 0 Å². The Balaban J connectivity index is 1.77. The molecular formula is C20H23N3O6. The number of ketones is 1. The van der Waals surface area contributed by atoms with Gasteiger partial charge in [-0.1, -0.05) is 6.07 Å². The normalized spacial score (nSPS) is 34.2. The molecule has 5 rings (SSSR count). The van der Waals surface area contributed by atoms with Crippen molar-refractivity contribution in [3.05, 3.63) is 23.3 Å². The van der Waals surface area contributed by atoms with Crippen molar-refractivity contribution in [1.29, 1.82) is 0 Å². The van der Waals surface area contributed by atoms with Crippen LogP contribution in [0.2, 0.25) is 0 Å². The number of nitrogens with zero attached hydrogens (tertiary/aromatic N) is 1. The maximum atomic E-state index is 13.0. The molecule has 29 heavy (non-hydrogen) atoms. The highest BCUT2D eigenvalue weighted by Gasteiger charge is 2.75. The van der Waals surface area contributed by atoms with E-state index in [1.807, 2.05) is 13.1 Å². The Morgan fingerprint density at radius 2 is 2.14 bits per heavy atom. The number of Topliss-reactive ketones (excluding diaryl/α,β-unsaturated/α-hetero) is 1. The maximum Gasteiger partial charge on any atom is 0.405 e. The van der Waals surface area contributed by atoms with Crippen molar-refractivity contribution in [2.75, 3.05) is 20.1 Å². The SMILES string of the molecule is CN1CC[C@]23c4c5ccc(OC(=O)CN)c4O[C@H]2C(=O)CC[C@@]3(OC(N)=O)[C@H]1C5. The molecule has 9 heteroatoms. The molecule has 4 aliphatic rings. The smallest absolute Gasteiger partial charge is 0.405 e. The Morgan fingerprint density at radius 1 is 1.34 bits per heavy atom. The molecule has 1 saturated heterocycles. The molecule has 1 saturated carbocycles. The van der Waals surface area contributed by atoms with Crippen LogP contribution in [0.15, 0.2) is 12.1 Å². The van der Waals surface area contributed by atoms with Gasteiger partial charge in [0.05, 0.1) is 18.0 Å². The van der Waals surface area contributed by atoms with Gasteiger partial charge in [-0.05, 0) is 44.5 Å². The molecule has 1 aromatic rings. The number of piperidine rings is 1. The zero-order chi connectivity index (χ0) is 20.6. The Bertz CT molecular complexity index is 948. The first-order valence-electron chi connectivity index (χ1n) is 9.79. The van der Waals surface area contributed by atoms with Crippen LogP contribution in [0.25, 0.3) is 0 Å². The van der Waals surface area contributed by atoms with Gasteiger partial charge in [-0.15, -0.1) is 0 Å². The van der Waals surface area contributed by atoms with Crippen LogP contribution in [0, 0.1) is 0 Å². The molecule has 2 fully saturated rings. The van der Waals surface area contributed by atoms with E-state index in [-0.39, 0.29) is 30.5 Å². The molecule has 1 amide bonds. The van der Waals surface area contributed by atoms with Crippen molar-refractivity contribution in [3.8, 4) is 11.5 Å². The second kappa shape index (κ2) is 5.93. The third kappa shape index (κ3) is 2.14. The first kappa shape index (κ1) is 18.4. The molecule has 0 aromatic heterocycles. The summed E-state index contributed by atoms with van der Waals surface area (Å²) in [5.74, 6) is -0.0245. The number of ether oxygens (including phenoxy) is 3. The molecule has 2 aliphatic heterocycles. The molecule has 9 nitrogen and oxygen atoms in total. The van der Waals surface area contributed by atoms with E-state index in [0.29, 0.717) is 31.6 Å². The Hall–Kier alpha value is -2.65. The molecule has 4 N–H and O–H groups in total. The first-order chi connectivity index (χ1) is 13.8. The summed E-state index contributed by atoms with van der Waals surface area (Å²) in [5.41, 5.74) is 10.9. The summed E-state index contributed by atoms with van der Waals surface area (Å²) in [4.78, 5) is 39.0. The molecule has 4 atom stereocenters. The van der Waals surface area contributed by atoms with Crippen molar-refractivity contribution < 1.29 is 28.6 Å². The zero-order valence-corrected chi connectivity index (χ0v) is 16.1. The summed E-state index contributed by atoms with van der Waals surface area (Å²) < 4.78 is 17.5. The van der Waals surface area contributed by atoms with Crippen LogP contribution in [-0.4, -0.2) is 60.6 Å². The van der Waals surface area contributed by atoms with E-state index in [4.69, 9.17) is 25.7 Å². The van der Waals surface area contributed by atoms with E-state index in [0.717, 1.165) is 11.1 Å². The number of nitrogens with two attached hydrogens (primary N) is 2. The van der Waals surface area contributed by atoms with Crippen LogP contribution in [-0.2, 0) is 26.2 Å². The second-order valence-electron chi connectivity index (χ2n) is 8.30. The molecule has 0 unspecified atom stereocenters. The fraction of sp³-hybridized carbons (Fsp3) is 0.550. The van der Waals surface area contributed by atoms with Crippen LogP contribution in [0.3, 0.4) is 0 Å². The third-order valence-corrected chi connectivity index (χ3v) is 7.14. The Morgan fingerprint density at radius 3 is 2.86 bits per heavy atom. The summed E-state index contributed by atoms with van der Waals surface area (Å²) in [6.45, 7) is 0.443. The number of likely N-dealkylation sites (tertiary alicyclic amines) is 1. The molecule has 154 valence electrons. The monoisotopic (exact) mass is 401 g/mol. The van der Waals surface area contributed by atoms with E-state index in [1.165, 1.54) is 0 Å². The number of hydrogen-bond donors (Lipinski definition) is 2. The van der Waals surface area contributed by atoms with E-state index in [1.54, 1.807) is 6.07 Å². The van der Waals surface area contributed by atoms with E-state index in [9.17, 15) is 14.4 Å². The summed E-state index contributed by atoms with van der Waals surface area (Å²) in [6.07, 6.45) is 0.126. The van der Waals surface area contributed by atoms with Gasteiger partial charge in [0.15, 0.2) is 23.4 Å². The van der Waals surface area contributed by atoms with Crippen LogP contribution in [0.1, 0.15) is 30.4 Å². The number of carbonyl (C=O) groups excluding carboxylic acids is 3. The number of hydrogen-bond acceptors (Lipinski definition) is 8. The largest absolute Gasteiger partial charge is 0.477 e. The summed E-state index contributed by atoms with van der Waals surface area (Å²) in [5, 5.41) is 0. The van der Waals surface area contributed by atoms with Gasteiger partial charge in [-0.3, -0.25) is 14.5 Å². The summed E-state index contributed by atoms with van der Waals surface area (Å²) in [7, 11) is 1.99. The molecule has 1 aromatic carbocycles. The number of rotatable bonds is 3. The van der Waals surface area contributed by atoms with Gasteiger partial charge in [0, 0.05) is 12.0 Å². The lowest BCUT2D eigenvalue weighted by Gasteiger charge is -2.62. The lowest BCUT2D eigenvalue weighted by Crippen LogP contribution is -2.77. The van der Waals surface area contributed by atoms with Crippen molar-refractivity contribution >= 4 is 17.8 Å². The lowest BCUT2D eigenvalue weighted by molar-refractivity contribution is -0.184. The Labute approximate surface area is 167 Å². The minimum absolute atomic E-state index is 0.0443. The van der Waals surface area contributed by atoms with Crippen LogP contribution < -0.4 is 20.9 Å². The highest BCUT2D eigenvalue weighted by Crippen LogP contribution is 2.65. The standard InChI is InChI=1S/C20H23N3O6/c1-23-7-6-19-15-10-2-3-12(27-14(25)9-21)16(15)28-17(19)11(24)4-5-20(19,13(23)8-10)29-18(22)26/h2-3,13,17H,4-9,21H2,1H3,(H2,22,26)/t13-,17+,19+,20-/m1/s1. The van der Waals surface area contributed by atoms with Gasteiger partial charge in [0.1, 0.15) is 5.60 Å². The highest BCUT2D eigenvalue weighted by molar-refractivity contribution is 5.90. The number of primary amides is 1. The average Bonchev–Trinajstić information content (AvgIpc) is 3.04. The van der Waals surface area contributed by atoms with Crippen LogP contribution in [0.4, 0.5) is 4.79 Å². The summed E-state index contributed by atoms with van der Waals surface area (Å²) in [6, 6.07) is 3.45. The van der Waals surface area contributed by atoms with E-state index < -0.39 is 29.2 Å².